The number of hydrogen-bond acceptors (Lipinski definition) is 6. The molecule has 1 heterocycles. The molecular formula is C20H24O6. The molecule has 0 fully saturated rings. The molecule has 0 unspecified atom stereocenters. The third kappa shape index (κ3) is 5.79. The summed E-state index contributed by atoms with van der Waals surface area (Å²) in [4.78, 5) is 10.0. The molecule has 1 aliphatic heterocycles. The van der Waals surface area contributed by atoms with Crippen LogP contribution < -0.4 is 4.89 Å². The molecule has 0 amide bonds. The molecule has 2 aromatic rings. The zero-order chi connectivity index (χ0) is 17.9. The van der Waals surface area contributed by atoms with Crippen LogP contribution in [0.3, 0.4) is 0 Å². The van der Waals surface area contributed by atoms with Gasteiger partial charge in [-0.15, -0.1) is 0 Å². The van der Waals surface area contributed by atoms with Crippen molar-refractivity contribution in [1.29, 1.82) is 0 Å². The molecule has 0 saturated carbocycles. The summed E-state index contributed by atoms with van der Waals surface area (Å²) in [5.41, 5.74) is 3.33. The second-order valence-corrected chi connectivity index (χ2v) is 6.20. The minimum absolute atomic E-state index is 0.431. The van der Waals surface area contributed by atoms with Crippen LogP contribution in [0.5, 0.6) is 5.75 Å². The van der Waals surface area contributed by atoms with Crippen molar-refractivity contribution < 1.29 is 29.9 Å². The standard InChI is InChI=1S/C20H24O6/c1-2-4-10-16-21-23-25-26-24-22-20-15-9-8-14-19(20)18-13-7-6-12-17(18)11-5-3-1/h6-9,12-15H,1-5,10-11,16H2. The van der Waals surface area contributed by atoms with Crippen LogP contribution in [0.1, 0.15) is 44.1 Å². The Bertz CT molecular complexity index is 603. The average Bonchev–Trinajstić information content (AvgIpc) is 2.68. The van der Waals surface area contributed by atoms with Crippen molar-refractivity contribution in [3.8, 4) is 16.9 Å². The quantitative estimate of drug-likeness (QED) is 0.595. The van der Waals surface area contributed by atoms with E-state index in [-0.39, 0.29) is 0 Å². The van der Waals surface area contributed by atoms with E-state index in [0.29, 0.717) is 12.4 Å². The normalized spacial score (nSPS) is 17.8. The summed E-state index contributed by atoms with van der Waals surface area (Å²) in [6.45, 7) is 0.431. The van der Waals surface area contributed by atoms with Gasteiger partial charge in [0.15, 0.2) is 5.75 Å². The Morgan fingerprint density at radius 2 is 1.27 bits per heavy atom. The predicted octanol–water partition coefficient (Wildman–Crippen LogP) is 5.29. The summed E-state index contributed by atoms with van der Waals surface area (Å²) in [6, 6.07) is 15.9. The van der Waals surface area contributed by atoms with Crippen LogP contribution in [0.4, 0.5) is 0 Å². The van der Waals surface area contributed by atoms with Gasteiger partial charge in [0.05, 0.1) is 6.61 Å². The van der Waals surface area contributed by atoms with E-state index in [1.807, 2.05) is 24.3 Å². The highest BCUT2D eigenvalue weighted by Crippen LogP contribution is 2.33. The summed E-state index contributed by atoms with van der Waals surface area (Å²) in [5.74, 6) is 0.519. The highest BCUT2D eigenvalue weighted by atomic mass is 17.8. The molecule has 6 heteroatoms. The summed E-state index contributed by atoms with van der Waals surface area (Å²) in [6.07, 6.45) is 7.79. The highest BCUT2D eigenvalue weighted by molar-refractivity contribution is 5.73. The first kappa shape index (κ1) is 18.8. The van der Waals surface area contributed by atoms with Gasteiger partial charge in [-0.1, -0.05) is 68.1 Å². The fourth-order valence-corrected chi connectivity index (χ4v) is 3.07. The minimum atomic E-state index is 0.431. The van der Waals surface area contributed by atoms with E-state index in [9.17, 15) is 0 Å². The molecule has 0 bridgehead atoms. The first-order valence-corrected chi connectivity index (χ1v) is 9.08. The molecule has 26 heavy (non-hydrogen) atoms. The Morgan fingerprint density at radius 3 is 2.19 bits per heavy atom. The lowest BCUT2D eigenvalue weighted by molar-refractivity contribution is -0.745. The van der Waals surface area contributed by atoms with Gasteiger partial charge in [-0.25, -0.2) is 4.89 Å². The molecule has 0 aliphatic carbocycles. The van der Waals surface area contributed by atoms with Crippen molar-refractivity contribution in [3.05, 3.63) is 54.1 Å². The predicted molar refractivity (Wildman–Crippen MR) is 94.2 cm³/mol. The number of rotatable bonds is 0. The third-order valence-corrected chi connectivity index (χ3v) is 4.37. The van der Waals surface area contributed by atoms with Crippen LogP contribution >= 0.6 is 0 Å². The molecule has 3 rings (SSSR count). The van der Waals surface area contributed by atoms with E-state index in [0.717, 1.165) is 36.8 Å². The van der Waals surface area contributed by atoms with Gasteiger partial charge < -0.3 is 4.89 Å². The van der Waals surface area contributed by atoms with Gasteiger partial charge >= 0.3 is 0 Å². The lowest BCUT2D eigenvalue weighted by atomic mass is 9.95. The van der Waals surface area contributed by atoms with Gasteiger partial charge in [0.2, 0.25) is 0 Å². The molecule has 6 nitrogen and oxygen atoms in total. The Labute approximate surface area is 153 Å². The SMILES string of the molecule is c1ccc2c(c1)CCCCCCCCOOOOOOc1ccccc1-2. The summed E-state index contributed by atoms with van der Waals surface area (Å²) >= 11 is 0. The Morgan fingerprint density at radius 1 is 0.577 bits per heavy atom. The number of aryl methyl sites for hydroxylation is 1. The minimum Gasteiger partial charge on any atom is -0.305 e. The lowest BCUT2D eigenvalue weighted by Gasteiger charge is -2.13. The van der Waals surface area contributed by atoms with Crippen LogP contribution in [0.15, 0.2) is 48.5 Å². The second kappa shape index (κ2) is 10.9. The van der Waals surface area contributed by atoms with Crippen LogP contribution in [-0.4, -0.2) is 6.61 Å². The molecule has 1 aliphatic rings. The van der Waals surface area contributed by atoms with E-state index >= 15 is 0 Å². The van der Waals surface area contributed by atoms with Gasteiger partial charge in [0.25, 0.3) is 0 Å². The fraction of sp³-hybridized carbons (Fsp3) is 0.400. The van der Waals surface area contributed by atoms with Crippen LogP contribution in [0.2, 0.25) is 0 Å². The van der Waals surface area contributed by atoms with Crippen molar-refractivity contribution in [3.63, 3.8) is 0 Å². The van der Waals surface area contributed by atoms with Gasteiger partial charge in [0.1, 0.15) is 0 Å². The Hall–Kier alpha value is -1.96. The highest BCUT2D eigenvalue weighted by Gasteiger charge is 2.11. The maximum atomic E-state index is 5.21. The summed E-state index contributed by atoms with van der Waals surface area (Å²) < 4.78 is 0. The van der Waals surface area contributed by atoms with E-state index < -0.39 is 0 Å². The topological polar surface area (TPSA) is 55.4 Å². The van der Waals surface area contributed by atoms with Crippen molar-refractivity contribution >= 4 is 0 Å². The maximum absolute atomic E-state index is 5.21. The van der Waals surface area contributed by atoms with Gasteiger partial charge in [0, 0.05) is 15.6 Å². The molecule has 0 radical (unpaired) electrons. The zero-order valence-corrected chi connectivity index (χ0v) is 14.7. The van der Waals surface area contributed by atoms with Crippen molar-refractivity contribution in [2.24, 2.45) is 0 Å². The molecule has 2 aromatic carbocycles. The van der Waals surface area contributed by atoms with Gasteiger partial charge in [-0.05, 0) is 46.5 Å². The largest absolute Gasteiger partial charge is 0.305 e. The Balaban J connectivity index is 1.74. The second-order valence-electron chi connectivity index (χ2n) is 6.20. The third-order valence-electron chi connectivity index (χ3n) is 4.37. The molecule has 0 saturated heterocycles. The van der Waals surface area contributed by atoms with Gasteiger partial charge in [-0.3, -0.25) is 0 Å². The van der Waals surface area contributed by atoms with Crippen molar-refractivity contribution in [2.45, 2.75) is 44.9 Å². The van der Waals surface area contributed by atoms with Crippen LogP contribution in [0, 0.1) is 0 Å². The van der Waals surface area contributed by atoms with Crippen LogP contribution in [-0.2, 0) is 31.5 Å². The maximum Gasteiger partial charge on any atom is 0.176 e. The van der Waals surface area contributed by atoms with Gasteiger partial charge in [-0.2, -0.15) is 0 Å². The molecule has 0 atom stereocenters. The number of hydrogen-bond donors (Lipinski definition) is 0. The first-order valence-electron chi connectivity index (χ1n) is 9.08. The average molecular weight is 360 g/mol. The molecule has 140 valence electrons. The molecular weight excluding hydrogens is 336 g/mol. The monoisotopic (exact) mass is 360 g/mol. The number of benzene rings is 2. The molecule has 0 aromatic heterocycles. The number of fused-ring (bicyclic) bond motifs is 3. The molecule has 0 spiro atoms. The van der Waals surface area contributed by atoms with E-state index in [1.54, 1.807) is 6.07 Å². The van der Waals surface area contributed by atoms with E-state index in [2.05, 4.69) is 38.4 Å². The first-order chi connectivity index (χ1) is 12.9. The van der Waals surface area contributed by atoms with Crippen molar-refractivity contribution in [2.75, 3.05) is 6.61 Å². The smallest absolute Gasteiger partial charge is 0.176 e. The van der Waals surface area contributed by atoms with Crippen LogP contribution in [0.25, 0.3) is 11.1 Å². The molecule has 0 N–H and O–H groups in total. The Kier molecular flexibility index (Phi) is 7.89. The van der Waals surface area contributed by atoms with Crippen molar-refractivity contribution in [1.82, 2.24) is 0 Å². The van der Waals surface area contributed by atoms with E-state index in [4.69, 9.17) is 9.78 Å². The lowest BCUT2D eigenvalue weighted by Crippen LogP contribution is -2.04. The summed E-state index contributed by atoms with van der Waals surface area (Å²) in [5, 5.41) is 17.6. The zero-order valence-electron chi connectivity index (χ0n) is 14.7. The van der Waals surface area contributed by atoms with E-state index in [1.165, 1.54) is 24.8 Å². The number of para-hydroxylation sites is 1. The fourth-order valence-electron chi connectivity index (χ4n) is 3.07. The summed E-state index contributed by atoms with van der Waals surface area (Å²) in [7, 11) is 0.